The summed E-state index contributed by atoms with van der Waals surface area (Å²) in [6.45, 7) is 7.30. The second kappa shape index (κ2) is 10.2. The van der Waals surface area contributed by atoms with Crippen molar-refractivity contribution < 1.29 is 19.0 Å². The van der Waals surface area contributed by atoms with Crippen molar-refractivity contribution in [1.29, 1.82) is 0 Å². The van der Waals surface area contributed by atoms with E-state index >= 15 is 0 Å². The highest BCUT2D eigenvalue weighted by atomic mass is 16.5. The van der Waals surface area contributed by atoms with Crippen LogP contribution in [0.3, 0.4) is 0 Å². The number of amides is 1. The molecule has 1 amide bonds. The fourth-order valence-electron chi connectivity index (χ4n) is 5.42. The number of nitrogens with zero attached hydrogens (tertiary/aromatic N) is 5. The standard InChI is InChI=1S/C23H37N5O4/c29-22(14-26-9-3-1-2-4-10-26)27-11-7-23(8-12-27)18-28-21(17-32-23)20(24-25-28)16-30-15-19-6-5-13-31-19/h19H,1-18H2. The topological polar surface area (TPSA) is 82.0 Å². The monoisotopic (exact) mass is 447 g/mol. The van der Waals surface area contributed by atoms with Gasteiger partial charge >= 0.3 is 0 Å². The lowest BCUT2D eigenvalue weighted by molar-refractivity contribution is -0.147. The molecular weight excluding hydrogens is 410 g/mol. The van der Waals surface area contributed by atoms with Gasteiger partial charge in [-0.15, -0.1) is 5.10 Å². The number of likely N-dealkylation sites (tertiary alicyclic amines) is 2. The van der Waals surface area contributed by atoms with Crippen molar-refractivity contribution in [2.24, 2.45) is 0 Å². The van der Waals surface area contributed by atoms with Crippen molar-refractivity contribution >= 4 is 5.91 Å². The third kappa shape index (κ3) is 5.16. The van der Waals surface area contributed by atoms with Crippen molar-refractivity contribution in [3.05, 3.63) is 11.4 Å². The number of hydrogen-bond acceptors (Lipinski definition) is 7. The maximum atomic E-state index is 12.8. The Balaban J connectivity index is 1.10. The quantitative estimate of drug-likeness (QED) is 0.657. The second-order valence-electron chi connectivity index (χ2n) is 9.83. The number of aromatic nitrogens is 3. The van der Waals surface area contributed by atoms with E-state index in [1.165, 1.54) is 25.7 Å². The van der Waals surface area contributed by atoms with Crippen LogP contribution in [0.4, 0.5) is 0 Å². The van der Waals surface area contributed by atoms with Crippen LogP contribution in [-0.2, 0) is 38.8 Å². The van der Waals surface area contributed by atoms with E-state index in [4.69, 9.17) is 14.2 Å². The van der Waals surface area contributed by atoms with Gasteiger partial charge in [0.2, 0.25) is 5.91 Å². The SMILES string of the molecule is O=C(CN1CCCCCC1)N1CCC2(CC1)Cn1nnc(COCC3CCCO3)c1CO2. The molecule has 1 aromatic heterocycles. The van der Waals surface area contributed by atoms with Gasteiger partial charge in [-0.2, -0.15) is 0 Å². The Morgan fingerprint density at radius 3 is 2.66 bits per heavy atom. The minimum Gasteiger partial charge on any atom is -0.376 e. The number of fused-ring (bicyclic) bond motifs is 1. The summed E-state index contributed by atoms with van der Waals surface area (Å²) in [7, 11) is 0. The van der Waals surface area contributed by atoms with E-state index in [0.717, 1.165) is 69.9 Å². The molecule has 32 heavy (non-hydrogen) atoms. The zero-order valence-corrected chi connectivity index (χ0v) is 19.2. The van der Waals surface area contributed by atoms with Gasteiger partial charge < -0.3 is 19.1 Å². The summed E-state index contributed by atoms with van der Waals surface area (Å²) >= 11 is 0. The molecule has 1 spiro atoms. The summed E-state index contributed by atoms with van der Waals surface area (Å²) in [5.41, 5.74) is 1.64. The molecule has 5 rings (SSSR count). The van der Waals surface area contributed by atoms with Crippen molar-refractivity contribution in [3.8, 4) is 0 Å². The molecule has 0 radical (unpaired) electrons. The molecule has 4 aliphatic rings. The molecule has 9 nitrogen and oxygen atoms in total. The van der Waals surface area contributed by atoms with Gasteiger partial charge in [0.1, 0.15) is 5.69 Å². The van der Waals surface area contributed by atoms with Crippen LogP contribution in [0.25, 0.3) is 0 Å². The number of piperidine rings is 1. The van der Waals surface area contributed by atoms with Crippen molar-refractivity contribution in [2.45, 2.75) is 82.8 Å². The predicted molar refractivity (Wildman–Crippen MR) is 117 cm³/mol. The summed E-state index contributed by atoms with van der Waals surface area (Å²) in [6.07, 6.45) is 9.12. The summed E-state index contributed by atoms with van der Waals surface area (Å²) in [5, 5.41) is 8.74. The molecule has 0 N–H and O–H groups in total. The van der Waals surface area contributed by atoms with E-state index in [1.807, 2.05) is 9.58 Å². The van der Waals surface area contributed by atoms with Crippen LogP contribution in [-0.4, -0.2) is 88.3 Å². The molecule has 1 atom stereocenters. The summed E-state index contributed by atoms with van der Waals surface area (Å²) in [4.78, 5) is 17.2. The van der Waals surface area contributed by atoms with Gasteiger partial charge in [-0.05, 0) is 51.6 Å². The van der Waals surface area contributed by atoms with Crippen LogP contribution >= 0.6 is 0 Å². The van der Waals surface area contributed by atoms with Crippen molar-refractivity contribution in [2.75, 3.05) is 45.9 Å². The lowest BCUT2D eigenvalue weighted by atomic mass is 9.89. The molecule has 4 aliphatic heterocycles. The van der Waals surface area contributed by atoms with Crippen LogP contribution in [0.1, 0.15) is 62.8 Å². The lowest BCUT2D eigenvalue weighted by Crippen LogP contribution is -2.53. The van der Waals surface area contributed by atoms with Gasteiger partial charge in [0.15, 0.2) is 0 Å². The second-order valence-corrected chi connectivity index (χ2v) is 9.83. The molecule has 0 saturated carbocycles. The summed E-state index contributed by atoms with van der Waals surface area (Å²) in [6, 6.07) is 0. The highest BCUT2D eigenvalue weighted by Crippen LogP contribution is 2.33. The molecule has 3 saturated heterocycles. The van der Waals surface area contributed by atoms with Gasteiger partial charge in [-0.1, -0.05) is 18.1 Å². The molecular formula is C23H37N5O4. The zero-order chi connectivity index (χ0) is 21.8. The van der Waals surface area contributed by atoms with E-state index in [9.17, 15) is 4.79 Å². The van der Waals surface area contributed by atoms with E-state index in [-0.39, 0.29) is 17.6 Å². The van der Waals surface area contributed by atoms with Gasteiger partial charge in [-0.25, -0.2) is 4.68 Å². The minimum atomic E-state index is -0.240. The lowest BCUT2D eigenvalue weighted by Gasteiger charge is -2.44. The summed E-state index contributed by atoms with van der Waals surface area (Å²) in [5.74, 6) is 0.268. The van der Waals surface area contributed by atoms with Crippen LogP contribution in [0.2, 0.25) is 0 Å². The largest absolute Gasteiger partial charge is 0.376 e. The smallest absolute Gasteiger partial charge is 0.236 e. The number of ether oxygens (including phenoxy) is 3. The Labute approximate surface area is 190 Å². The minimum absolute atomic E-state index is 0.216. The van der Waals surface area contributed by atoms with Crippen LogP contribution in [0, 0.1) is 0 Å². The first-order chi connectivity index (χ1) is 15.7. The first kappa shape index (κ1) is 22.3. The highest BCUT2D eigenvalue weighted by Gasteiger charge is 2.41. The van der Waals surface area contributed by atoms with Crippen LogP contribution in [0.5, 0.6) is 0 Å². The van der Waals surface area contributed by atoms with E-state index in [2.05, 4.69) is 15.2 Å². The normalized spacial score (nSPS) is 26.2. The Hall–Kier alpha value is -1.55. The third-order valence-electron chi connectivity index (χ3n) is 7.52. The number of carbonyl (C=O) groups excluding carboxylic acids is 1. The first-order valence-corrected chi connectivity index (χ1v) is 12.5. The Kier molecular flexibility index (Phi) is 7.06. The van der Waals surface area contributed by atoms with Gasteiger partial charge in [0.05, 0.1) is 50.3 Å². The molecule has 5 heterocycles. The van der Waals surface area contributed by atoms with Gasteiger partial charge in [0.25, 0.3) is 0 Å². The fourth-order valence-corrected chi connectivity index (χ4v) is 5.42. The Morgan fingerprint density at radius 1 is 1.09 bits per heavy atom. The van der Waals surface area contributed by atoms with E-state index in [0.29, 0.717) is 32.9 Å². The van der Waals surface area contributed by atoms with Gasteiger partial charge in [-0.3, -0.25) is 9.69 Å². The average molecular weight is 448 g/mol. The number of rotatable bonds is 6. The van der Waals surface area contributed by atoms with Crippen molar-refractivity contribution in [3.63, 3.8) is 0 Å². The van der Waals surface area contributed by atoms with E-state index in [1.54, 1.807) is 0 Å². The predicted octanol–water partition coefficient (Wildman–Crippen LogP) is 1.74. The van der Waals surface area contributed by atoms with Gasteiger partial charge in [0, 0.05) is 19.7 Å². The van der Waals surface area contributed by atoms with Crippen molar-refractivity contribution in [1.82, 2.24) is 24.8 Å². The molecule has 0 aromatic carbocycles. The average Bonchev–Trinajstić information content (AvgIpc) is 3.38. The Morgan fingerprint density at radius 2 is 1.91 bits per heavy atom. The number of hydrogen-bond donors (Lipinski definition) is 0. The summed E-state index contributed by atoms with van der Waals surface area (Å²) < 4.78 is 19.8. The molecule has 0 bridgehead atoms. The van der Waals surface area contributed by atoms with E-state index < -0.39 is 0 Å². The third-order valence-corrected chi connectivity index (χ3v) is 7.52. The molecule has 178 valence electrons. The molecule has 3 fully saturated rings. The molecule has 9 heteroatoms. The highest BCUT2D eigenvalue weighted by molar-refractivity contribution is 5.78. The van der Waals surface area contributed by atoms with Crippen LogP contribution < -0.4 is 0 Å². The van der Waals surface area contributed by atoms with Crippen LogP contribution in [0.15, 0.2) is 0 Å². The fraction of sp³-hybridized carbons (Fsp3) is 0.870. The Bertz CT molecular complexity index is 762. The maximum Gasteiger partial charge on any atom is 0.236 e. The maximum absolute atomic E-state index is 12.8. The molecule has 1 unspecified atom stereocenters. The number of carbonyl (C=O) groups is 1. The first-order valence-electron chi connectivity index (χ1n) is 12.5. The zero-order valence-electron chi connectivity index (χ0n) is 19.2. The molecule has 1 aromatic rings. The molecule has 0 aliphatic carbocycles.